The van der Waals surface area contributed by atoms with E-state index in [9.17, 15) is 0 Å². The molecule has 1 heterocycles. The molecule has 74 valence electrons. The molecule has 0 aliphatic heterocycles. The lowest BCUT2D eigenvalue weighted by molar-refractivity contribution is 1.09. The van der Waals surface area contributed by atoms with Crippen molar-refractivity contribution < 1.29 is 0 Å². The van der Waals surface area contributed by atoms with Crippen molar-refractivity contribution in [1.82, 2.24) is 4.98 Å². The Hall–Kier alpha value is -1.57. The minimum Gasteiger partial charge on any atom is -0.383 e. The van der Waals surface area contributed by atoms with Gasteiger partial charge in [0.2, 0.25) is 0 Å². The first-order valence-corrected chi connectivity index (χ1v) is 4.88. The molecule has 0 aliphatic rings. The predicted octanol–water partition coefficient (Wildman–Crippen LogP) is 3.23. The molecule has 0 bridgehead atoms. The highest BCUT2D eigenvalue weighted by Crippen LogP contribution is 2.16. The third kappa shape index (κ3) is 2.46. The number of nitrogens with zero attached hydrogens (tertiary/aromatic N) is 1. The van der Waals surface area contributed by atoms with E-state index >= 15 is 0 Å². The van der Waals surface area contributed by atoms with Crippen molar-refractivity contribution in [2.45, 2.75) is 20.3 Å². The Morgan fingerprint density at radius 2 is 1.79 bits per heavy atom. The lowest BCUT2D eigenvalue weighted by Gasteiger charge is -1.97. The van der Waals surface area contributed by atoms with Gasteiger partial charge in [0.25, 0.3) is 0 Å². The largest absolute Gasteiger partial charge is 0.383 e. The highest BCUT2D eigenvalue weighted by atomic mass is 14.8. The van der Waals surface area contributed by atoms with Gasteiger partial charge >= 0.3 is 0 Å². The monoisotopic (exact) mass is 188 g/mol. The number of nitrogen functional groups attached to an aromatic ring is 1. The van der Waals surface area contributed by atoms with E-state index in [2.05, 4.69) is 18.8 Å². The fourth-order valence-corrected chi connectivity index (χ4v) is 1.14. The van der Waals surface area contributed by atoms with Crippen LogP contribution in [0.4, 0.5) is 5.82 Å². The number of hydrogen-bond acceptors (Lipinski definition) is 2. The summed E-state index contributed by atoms with van der Waals surface area (Å²) in [5.41, 5.74) is 5.65. The lowest BCUT2D eigenvalue weighted by atomic mass is 10.2. The summed E-state index contributed by atoms with van der Waals surface area (Å²) in [7, 11) is 0. The van der Waals surface area contributed by atoms with Crippen LogP contribution in [0.3, 0.4) is 0 Å². The van der Waals surface area contributed by atoms with Crippen molar-refractivity contribution in [2.75, 3.05) is 5.73 Å². The van der Waals surface area contributed by atoms with Crippen molar-refractivity contribution in [3.8, 4) is 0 Å². The van der Waals surface area contributed by atoms with E-state index in [0.717, 1.165) is 10.8 Å². The molecule has 2 nitrogen and oxygen atoms in total. The maximum atomic E-state index is 5.65. The van der Waals surface area contributed by atoms with Gasteiger partial charge < -0.3 is 5.73 Å². The molecule has 0 amide bonds. The first-order chi connectivity index (χ1) is 6.79. The second-order valence-corrected chi connectivity index (χ2v) is 3.12. The van der Waals surface area contributed by atoms with Crippen LogP contribution in [0.1, 0.15) is 20.3 Å². The SMILES string of the molecule is CCC.Nc1nccc2ccccc12. The van der Waals surface area contributed by atoms with Crippen LogP contribution in [0.15, 0.2) is 36.5 Å². The summed E-state index contributed by atoms with van der Waals surface area (Å²) >= 11 is 0. The van der Waals surface area contributed by atoms with Gasteiger partial charge in [-0.05, 0) is 11.5 Å². The van der Waals surface area contributed by atoms with Gasteiger partial charge in [0.15, 0.2) is 0 Å². The molecule has 0 saturated carbocycles. The fraction of sp³-hybridized carbons (Fsp3) is 0.250. The quantitative estimate of drug-likeness (QED) is 0.689. The van der Waals surface area contributed by atoms with Gasteiger partial charge in [-0.15, -0.1) is 0 Å². The van der Waals surface area contributed by atoms with Crippen LogP contribution in [0.2, 0.25) is 0 Å². The lowest BCUT2D eigenvalue weighted by Crippen LogP contribution is -1.89. The maximum absolute atomic E-state index is 5.65. The molecule has 14 heavy (non-hydrogen) atoms. The zero-order valence-corrected chi connectivity index (χ0v) is 8.70. The van der Waals surface area contributed by atoms with E-state index in [1.165, 1.54) is 6.42 Å². The molecule has 2 aromatic rings. The Kier molecular flexibility index (Phi) is 3.92. The summed E-state index contributed by atoms with van der Waals surface area (Å²) in [6.45, 7) is 4.25. The molecule has 1 aromatic heterocycles. The summed E-state index contributed by atoms with van der Waals surface area (Å²) in [6.07, 6.45) is 2.97. The van der Waals surface area contributed by atoms with E-state index in [1.807, 2.05) is 30.3 Å². The molecule has 2 heteroatoms. The average Bonchev–Trinajstić information content (AvgIpc) is 2.20. The third-order valence-corrected chi connectivity index (χ3v) is 1.70. The molecule has 0 spiro atoms. The Bertz CT molecular complexity index is 391. The smallest absolute Gasteiger partial charge is 0.131 e. The van der Waals surface area contributed by atoms with Crippen molar-refractivity contribution in [3.05, 3.63) is 36.5 Å². The van der Waals surface area contributed by atoms with E-state index in [4.69, 9.17) is 5.73 Å². The first-order valence-electron chi connectivity index (χ1n) is 4.88. The second-order valence-electron chi connectivity index (χ2n) is 3.12. The van der Waals surface area contributed by atoms with Crippen LogP contribution >= 0.6 is 0 Å². The number of fused-ring (bicyclic) bond motifs is 1. The molecule has 0 atom stereocenters. The molecule has 0 unspecified atom stereocenters. The summed E-state index contributed by atoms with van der Waals surface area (Å²) in [6, 6.07) is 9.89. The van der Waals surface area contributed by atoms with E-state index in [0.29, 0.717) is 5.82 Å². The van der Waals surface area contributed by atoms with E-state index < -0.39 is 0 Å². The zero-order chi connectivity index (χ0) is 10.4. The topological polar surface area (TPSA) is 38.9 Å². The molecule has 0 aliphatic carbocycles. The molecule has 0 radical (unpaired) electrons. The minimum atomic E-state index is 0.600. The predicted molar refractivity (Wildman–Crippen MR) is 62.1 cm³/mol. The first kappa shape index (κ1) is 10.5. The van der Waals surface area contributed by atoms with Gasteiger partial charge in [0.05, 0.1) is 0 Å². The summed E-state index contributed by atoms with van der Waals surface area (Å²) in [5, 5.41) is 2.16. The van der Waals surface area contributed by atoms with Crippen LogP contribution in [0.5, 0.6) is 0 Å². The molecule has 2 N–H and O–H groups in total. The maximum Gasteiger partial charge on any atom is 0.131 e. The number of rotatable bonds is 0. The van der Waals surface area contributed by atoms with E-state index in [1.54, 1.807) is 6.20 Å². The van der Waals surface area contributed by atoms with Crippen molar-refractivity contribution in [3.63, 3.8) is 0 Å². The van der Waals surface area contributed by atoms with Crippen molar-refractivity contribution in [2.24, 2.45) is 0 Å². The van der Waals surface area contributed by atoms with Crippen LogP contribution in [0.25, 0.3) is 10.8 Å². The second kappa shape index (κ2) is 5.22. The average molecular weight is 188 g/mol. The molecular weight excluding hydrogens is 172 g/mol. The number of anilines is 1. The van der Waals surface area contributed by atoms with Gasteiger partial charge in [0.1, 0.15) is 5.82 Å². The zero-order valence-electron chi connectivity index (χ0n) is 8.70. The highest BCUT2D eigenvalue weighted by molar-refractivity contribution is 5.90. The molecule has 0 fully saturated rings. The van der Waals surface area contributed by atoms with Gasteiger partial charge in [-0.2, -0.15) is 0 Å². The van der Waals surface area contributed by atoms with Crippen molar-refractivity contribution >= 4 is 16.6 Å². The molecule has 1 aromatic carbocycles. The number of pyridine rings is 1. The normalized spacial score (nSPS) is 9.29. The number of aromatic nitrogens is 1. The minimum absolute atomic E-state index is 0.600. The van der Waals surface area contributed by atoms with Gasteiger partial charge in [-0.25, -0.2) is 4.98 Å². The molecule has 0 saturated heterocycles. The highest BCUT2D eigenvalue weighted by Gasteiger charge is 1.94. The van der Waals surface area contributed by atoms with Crippen LogP contribution < -0.4 is 5.73 Å². The standard InChI is InChI=1S/C9H8N2.C3H8/c10-9-8-4-2-1-3-7(8)5-6-11-9;1-3-2/h1-6H,(H2,10,11);3H2,1-2H3. The Morgan fingerprint density at radius 3 is 2.43 bits per heavy atom. The number of benzene rings is 1. The third-order valence-electron chi connectivity index (χ3n) is 1.70. The van der Waals surface area contributed by atoms with Gasteiger partial charge in [0, 0.05) is 11.6 Å². The summed E-state index contributed by atoms with van der Waals surface area (Å²) in [5.74, 6) is 0.600. The van der Waals surface area contributed by atoms with Crippen LogP contribution in [-0.4, -0.2) is 4.98 Å². The van der Waals surface area contributed by atoms with Crippen LogP contribution in [0, 0.1) is 0 Å². The Morgan fingerprint density at radius 1 is 1.14 bits per heavy atom. The fourth-order valence-electron chi connectivity index (χ4n) is 1.14. The Balaban J connectivity index is 0.000000293. The Labute approximate surface area is 84.8 Å². The summed E-state index contributed by atoms with van der Waals surface area (Å²) in [4.78, 5) is 3.99. The number of nitrogens with two attached hydrogens (primary N) is 1. The van der Waals surface area contributed by atoms with Gasteiger partial charge in [-0.3, -0.25) is 0 Å². The summed E-state index contributed by atoms with van der Waals surface area (Å²) < 4.78 is 0. The molecule has 2 rings (SSSR count). The number of hydrogen-bond donors (Lipinski definition) is 1. The van der Waals surface area contributed by atoms with Gasteiger partial charge in [-0.1, -0.05) is 44.5 Å². The molecular formula is C12H16N2. The van der Waals surface area contributed by atoms with Crippen molar-refractivity contribution in [1.29, 1.82) is 0 Å². The van der Waals surface area contributed by atoms with E-state index in [-0.39, 0.29) is 0 Å². The van der Waals surface area contributed by atoms with Crippen LogP contribution in [-0.2, 0) is 0 Å².